The minimum Gasteiger partial charge on any atom is -0.486 e. The summed E-state index contributed by atoms with van der Waals surface area (Å²) in [5.41, 5.74) is -0.913. The van der Waals surface area contributed by atoms with E-state index in [1.54, 1.807) is 25.1 Å². The molecule has 1 fully saturated rings. The van der Waals surface area contributed by atoms with E-state index in [2.05, 4.69) is 4.98 Å². The Morgan fingerprint density at radius 3 is 2.55 bits per heavy atom. The third kappa shape index (κ3) is 4.60. The summed E-state index contributed by atoms with van der Waals surface area (Å²) in [4.78, 5) is 14.2. The second kappa shape index (κ2) is 8.01. The van der Waals surface area contributed by atoms with E-state index in [0.717, 1.165) is 23.1 Å². The van der Waals surface area contributed by atoms with Crippen molar-refractivity contribution in [3.05, 3.63) is 75.6 Å². The average molecular weight is 433 g/mol. The summed E-state index contributed by atoms with van der Waals surface area (Å²) in [5, 5.41) is 11.7. The van der Waals surface area contributed by atoms with Crippen molar-refractivity contribution in [1.29, 1.82) is 0 Å². The number of aromatic amines is 1. The second-order valence-electron chi connectivity index (χ2n) is 7.82. The molecule has 1 atom stereocenters. The first kappa shape index (κ1) is 21.4. The number of H-pyrrole nitrogens is 1. The van der Waals surface area contributed by atoms with E-state index in [-0.39, 0.29) is 42.9 Å². The van der Waals surface area contributed by atoms with Crippen LogP contribution in [-0.4, -0.2) is 23.3 Å². The van der Waals surface area contributed by atoms with Crippen LogP contribution < -0.4 is 10.3 Å². The lowest BCUT2D eigenvalue weighted by Gasteiger charge is -2.33. The fourth-order valence-corrected chi connectivity index (χ4v) is 3.80. The van der Waals surface area contributed by atoms with Gasteiger partial charge in [-0.1, -0.05) is 6.07 Å². The van der Waals surface area contributed by atoms with E-state index in [0.29, 0.717) is 5.52 Å². The molecule has 0 saturated carbocycles. The van der Waals surface area contributed by atoms with Crippen molar-refractivity contribution in [3.63, 3.8) is 0 Å². The second-order valence-corrected chi connectivity index (χ2v) is 7.82. The highest BCUT2D eigenvalue weighted by Crippen LogP contribution is 2.39. The van der Waals surface area contributed by atoms with Gasteiger partial charge in [-0.25, -0.2) is 0 Å². The Kier molecular flexibility index (Phi) is 5.53. The molecule has 8 heteroatoms. The molecule has 1 aliphatic rings. The van der Waals surface area contributed by atoms with Crippen molar-refractivity contribution < 1.29 is 27.8 Å². The van der Waals surface area contributed by atoms with Gasteiger partial charge in [0, 0.05) is 37.6 Å². The maximum atomic E-state index is 13.5. The quantitative estimate of drug-likeness (QED) is 0.627. The molecular weight excluding hydrogens is 411 g/mol. The molecule has 3 aromatic rings. The van der Waals surface area contributed by atoms with Gasteiger partial charge in [0.15, 0.2) is 0 Å². The molecule has 0 amide bonds. The molecule has 31 heavy (non-hydrogen) atoms. The van der Waals surface area contributed by atoms with E-state index in [1.165, 1.54) is 12.1 Å². The molecule has 5 nitrogen and oxygen atoms in total. The zero-order chi connectivity index (χ0) is 22.2. The number of benzene rings is 2. The summed E-state index contributed by atoms with van der Waals surface area (Å²) in [7, 11) is 0. The summed E-state index contributed by atoms with van der Waals surface area (Å²) < 4.78 is 51.7. The van der Waals surface area contributed by atoms with Gasteiger partial charge >= 0.3 is 6.18 Å². The van der Waals surface area contributed by atoms with Crippen LogP contribution in [0.1, 0.15) is 42.6 Å². The van der Waals surface area contributed by atoms with Crippen LogP contribution in [0, 0.1) is 0 Å². The average Bonchev–Trinajstić information content (AvgIpc) is 2.73. The Morgan fingerprint density at radius 2 is 1.84 bits per heavy atom. The summed E-state index contributed by atoms with van der Waals surface area (Å²) in [6.07, 6.45) is -4.71. The Balaban J connectivity index is 1.67. The number of aromatic nitrogens is 1. The number of rotatable bonds is 4. The number of pyridine rings is 1. The Bertz CT molecular complexity index is 1150. The summed E-state index contributed by atoms with van der Waals surface area (Å²) >= 11 is 0. The smallest absolute Gasteiger partial charge is 0.416 e. The Labute approximate surface area is 176 Å². The number of hydrogen-bond donors (Lipinski definition) is 2. The van der Waals surface area contributed by atoms with Gasteiger partial charge in [-0.3, -0.25) is 4.79 Å². The van der Waals surface area contributed by atoms with Gasteiger partial charge in [-0.15, -0.1) is 0 Å². The summed E-state index contributed by atoms with van der Waals surface area (Å²) in [5.74, 6) is 0.0267. The van der Waals surface area contributed by atoms with E-state index < -0.39 is 23.4 Å². The fraction of sp³-hybridized carbons (Fsp3) is 0.348. The molecule has 2 N–H and O–H groups in total. The SMILES string of the molecule is CC(Oc1cc(C(F)(F)F)cc(C2(O)CCOCC2)c1)c1ccc2[nH]c(=O)ccc2c1. The monoisotopic (exact) mass is 433 g/mol. The lowest BCUT2D eigenvalue weighted by atomic mass is 9.85. The van der Waals surface area contributed by atoms with Gasteiger partial charge in [0.25, 0.3) is 0 Å². The van der Waals surface area contributed by atoms with Crippen molar-refractivity contribution in [2.24, 2.45) is 0 Å². The largest absolute Gasteiger partial charge is 0.486 e. The van der Waals surface area contributed by atoms with Crippen LogP contribution in [0.4, 0.5) is 13.2 Å². The number of nitrogens with one attached hydrogen (secondary N) is 1. The highest BCUT2D eigenvalue weighted by Gasteiger charge is 2.37. The third-order valence-corrected chi connectivity index (χ3v) is 5.62. The van der Waals surface area contributed by atoms with Gasteiger partial charge in [-0.05, 0) is 59.8 Å². The molecule has 0 bridgehead atoms. The first-order valence-corrected chi connectivity index (χ1v) is 9.97. The van der Waals surface area contributed by atoms with E-state index in [4.69, 9.17) is 9.47 Å². The van der Waals surface area contributed by atoms with Gasteiger partial charge in [0.1, 0.15) is 11.9 Å². The first-order chi connectivity index (χ1) is 14.6. The molecule has 1 aliphatic heterocycles. The molecule has 4 rings (SSSR count). The zero-order valence-corrected chi connectivity index (χ0v) is 16.8. The van der Waals surface area contributed by atoms with Gasteiger partial charge in [0.05, 0.1) is 11.2 Å². The maximum Gasteiger partial charge on any atom is 0.416 e. The van der Waals surface area contributed by atoms with Gasteiger partial charge in [-0.2, -0.15) is 13.2 Å². The standard InChI is InChI=1S/C23H22F3NO4/c1-14(15-2-4-20-16(10-15)3-5-21(28)27-20)31-19-12-17(11-18(13-19)23(24,25)26)22(29)6-8-30-9-7-22/h2-5,10-14,29H,6-9H2,1H3,(H,27,28). The number of alkyl halides is 3. The number of hydrogen-bond acceptors (Lipinski definition) is 4. The summed E-state index contributed by atoms with van der Waals surface area (Å²) in [6.45, 7) is 2.28. The van der Waals surface area contributed by atoms with E-state index >= 15 is 0 Å². The minimum absolute atomic E-state index is 0.0267. The van der Waals surface area contributed by atoms with Crippen LogP contribution in [0.25, 0.3) is 10.9 Å². The van der Waals surface area contributed by atoms with Crippen LogP contribution in [-0.2, 0) is 16.5 Å². The highest BCUT2D eigenvalue weighted by atomic mass is 19.4. The van der Waals surface area contributed by atoms with Crippen molar-refractivity contribution >= 4 is 10.9 Å². The Morgan fingerprint density at radius 1 is 1.10 bits per heavy atom. The lowest BCUT2D eigenvalue weighted by Crippen LogP contribution is -2.33. The molecule has 2 heterocycles. The van der Waals surface area contributed by atoms with Crippen LogP contribution >= 0.6 is 0 Å². The van der Waals surface area contributed by atoms with Crippen LogP contribution in [0.2, 0.25) is 0 Å². The van der Waals surface area contributed by atoms with Crippen molar-refractivity contribution in [2.75, 3.05) is 13.2 Å². The maximum absolute atomic E-state index is 13.5. The molecule has 1 aromatic heterocycles. The van der Waals surface area contributed by atoms with Crippen molar-refractivity contribution in [3.8, 4) is 5.75 Å². The highest BCUT2D eigenvalue weighted by molar-refractivity contribution is 5.79. The third-order valence-electron chi connectivity index (χ3n) is 5.62. The van der Waals surface area contributed by atoms with E-state index in [9.17, 15) is 23.1 Å². The van der Waals surface area contributed by atoms with E-state index in [1.807, 2.05) is 6.07 Å². The van der Waals surface area contributed by atoms with Crippen molar-refractivity contribution in [1.82, 2.24) is 4.98 Å². The van der Waals surface area contributed by atoms with Crippen LogP contribution in [0.5, 0.6) is 5.75 Å². The minimum atomic E-state index is -4.58. The molecule has 1 unspecified atom stereocenters. The van der Waals surface area contributed by atoms with Crippen LogP contribution in [0.15, 0.2) is 53.3 Å². The first-order valence-electron chi connectivity index (χ1n) is 9.97. The number of halogens is 3. The molecule has 1 saturated heterocycles. The topological polar surface area (TPSA) is 71.5 Å². The predicted molar refractivity (Wildman–Crippen MR) is 109 cm³/mol. The fourth-order valence-electron chi connectivity index (χ4n) is 3.80. The van der Waals surface area contributed by atoms with Crippen molar-refractivity contribution in [2.45, 2.75) is 37.6 Å². The molecule has 0 spiro atoms. The molecule has 0 aliphatic carbocycles. The van der Waals surface area contributed by atoms with Gasteiger partial charge < -0.3 is 19.6 Å². The lowest BCUT2D eigenvalue weighted by molar-refractivity contribution is -0.138. The molecular formula is C23H22F3NO4. The Hall–Kier alpha value is -2.84. The molecule has 0 radical (unpaired) electrons. The van der Waals surface area contributed by atoms with Crippen LogP contribution in [0.3, 0.4) is 0 Å². The number of ether oxygens (including phenoxy) is 2. The number of fused-ring (bicyclic) bond motifs is 1. The predicted octanol–water partition coefficient (Wildman–Crippen LogP) is 4.68. The zero-order valence-electron chi connectivity index (χ0n) is 16.8. The number of aliphatic hydroxyl groups is 1. The molecule has 164 valence electrons. The molecule has 2 aromatic carbocycles. The summed E-state index contributed by atoms with van der Waals surface area (Å²) in [6, 6.07) is 11.8. The normalized spacial score (nSPS) is 17.5. The van der Waals surface area contributed by atoms with Gasteiger partial charge in [0.2, 0.25) is 5.56 Å².